The highest BCUT2D eigenvalue weighted by atomic mass is 16.5. The molecule has 1 aromatic heterocycles. The van der Waals surface area contributed by atoms with Crippen LogP contribution in [0.3, 0.4) is 0 Å². The maximum atomic E-state index is 5.18. The smallest absolute Gasteiger partial charge is 0.237 e. The second-order valence-electron chi connectivity index (χ2n) is 3.55. The Morgan fingerprint density at radius 3 is 2.60 bits per heavy atom. The first-order valence-electron chi connectivity index (χ1n) is 4.86. The fraction of sp³-hybridized carbons (Fsp3) is 0.600. The van der Waals surface area contributed by atoms with Crippen molar-refractivity contribution < 1.29 is 4.74 Å². The Balaban J connectivity index is 2.90. The molecule has 0 amide bonds. The van der Waals surface area contributed by atoms with Gasteiger partial charge in [-0.1, -0.05) is 0 Å². The largest absolute Gasteiger partial charge is 0.480 e. The van der Waals surface area contributed by atoms with Crippen molar-refractivity contribution in [2.75, 3.05) is 34.8 Å². The highest BCUT2D eigenvalue weighted by Gasteiger charge is 2.17. The highest BCUT2D eigenvalue weighted by Crippen LogP contribution is 2.19. The summed E-state index contributed by atoms with van der Waals surface area (Å²) in [7, 11) is 7.55. The lowest BCUT2D eigenvalue weighted by Gasteiger charge is -2.20. The monoisotopic (exact) mass is 210 g/mol. The zero-order valence-electron chi connectivity index (χ0n) is 9.69. The highest BCUT2D eigenvalue weighted by molar-refractivity contribution is 5.21. The van der Waals surface area contributed by atoms with Crippen LogP contribution in [0, 0.1) is 0 Å². The van der Waals surface area contributed by atoms with E-state index in [1.54, 1.807) is 19.5 Å². The minimum Gasteiger partial charge on any atom is -0.480 e. The molecule has 1 aromatic rings. The maximum Gasteiger partial charge on any atom is 0.237 e. The lowest BCUT2D eigenvalue weighted by atomic mass is 10.2. The van der Waals surface area contributed by atoms with E-state index in [-0.39, 0.29) is 6.04 Å². The Morgan fingerprint density at radius 1 is 1.40 bits per heavy atom. The summed E-state index contributed by atoms with van der Waals surface area (Å²) in [4.78, 5) is 10.5. The van der Waals surface area contributed by atoms with E-state index in [0.29, 0.717) is 5.88 Å². The van der Waals surface area contributed by atoms with Crippen molar-refractivity contribution >= 4 is 0 Å². The van der Waals surface area contributed by atoms with Gasteiger partial charge in [0.15, 0.2) is 0 Å². The van der Waals surface area contributed by atoms with E-state index >= 15 is 0 Å². The maximum absolute atomic E-state index is 5.18. The third-order valence-corrected chi connectivity index (χ3v) is 2.11. The van der Waals surface area contributed by atoms with E-state index in [4.69, 9.17) is 4.74 Å². The van der Waals surface area contributed by atoms with Crippen LogP contribution < -0.4 is 10.1 Å². The van der Waals surface area contributed by atoms with Gasteiger partial charge in [0.25, 0.3) is 0 Å². The molecule has 0 aliphatic carbocycles. The van der Waals surface area contributed by atoms with E-state index < -0.39 is 0 Å². The normalized spacial score (nSPS) is 12.9. The molecular weight excluding hydrogens is 192 g/mol. The number of rotatable bonds is 5. The lowest BCUT2D eigenvalue weighted by molar-refractivity contribution is 0.331. The molecule has 0 aliphatic heterocycles. The van der Waals surface area contributed by atoms with Gasteiger partial charge < -0.3 is 15.0 Å². The topological polar surface area (TPSA) is 50.3 Å². The zero-order chi connectivity index (χ0) is 11.3. The van der Waals surface area contributed by atoms with Crippen LogP contribution in [-0.2, 0) is 0 Å². The predicted octanol–water partition coefficient (Wildman–Crippen LogP) is 0.307. The summed E-state index contributed by atoms with van der Waals surface area (Å²) in [6, 6.07) is 0.128. The van der Waals surface area contributed by atoms with Crippen LogP contribution in [0.15, 0.2) is 12.4 Å². The average Bonchev–Trinajstić information content (AvgIpc) is 2.25. The third-order valence-electron chi connectivity index (χ3n) is 2.11. The van der Waals surface area contributed by atoms with Gasteiger partial charge in [-0.2, -0.15) is 0 Å². The van der Waals surface area contributed by atoms with Crippen molar-refractivity contribution in [3.05, 3.63) is 18.1 Å². The van der Waals surface area contributed by atoms with Gasteiger partial charge in [0, 0.05) is 18.9 Å². The van der Waals surface area contributed by atoms with Crippen LogP contribution in [0.4, 0.5) is 0 Å². The molecule has 0 aliphatic rings. The number of nitrogens with zero attached hydrogens (tertiary/aromatic N) is 3. The van der Waals surface area contributed by atoms with Crippen LogP contribution in [0.2, 0.25) is 0 Å². The van der Waals surface area contributed by atoms with Crippen molar-refractivity contribution in [2.45, 2.75) is 6.04 Å². The zero-order valence-corrected chi connectivity index (χ0v) is 9.69. The molecule has 5 nitrogen and oxygen atoms in total. The summed E-state index contributed by atoms with van der Waals surface area (Å²) >= 11 is 0. The Labute approximate surface area is 90.5 Å². The summed E-state index contributed by atoms with van der Waals surface area (Å²) in [5, 5.41) is 3.20. The summed E-state index contributed by atoms with van der Waals surface area (Å²) in [5.74, 6) is 0.582. The van der Waals surface area contributed by atoms with Crippen molar-refractivity contribution in [2.24, 2.45) is 0 Å². The molecule has 1 atom stereocenters. The number of hydrogen-bond acceptors (Lipinski definition) is 5. The lowest BCUT2D eigenvalue weighted by Crippen LogP contribution is -2.30. The van der Waals surface area contributed by atoms with E-state index in [1.807, 2.05) is 21.1 Å². The van der Waals surface area contributed by atoms with E-state index in [2.05, 4.69) is 20.2 Å². The predicted molar refractivity (Wildman–Crippen MR) is 58.9 cm³/mol. The molecule has 1 rings (SSSR count). The van der Waals surface area contributed by atoms with E-state index in [0.717, 1.165) is 12.2 Å². The summed E-state index contributed by atoms with van der Waals surface area (Å²) in [5.41, 5.74) is 0.844. The Hall–Kier alpha value is -1.20. The Kier molecular flexibility index (Phi) is 4.45. The summed E-state index contributed by atoms with van der Waals surface area (Å²) in [6.45, 7) is 0.853. The standard InChI is InChI=1S/C10H18N4O/c1-11-8(7-14(2)3)9-10(15-4)13-6-5-12-9/h5-6,8,11H,7H2,1-4H3. The first-order chi connectivity index (χ1) is 7.19. The van der Waals surface area contributed by atoms with E-state index in [9.17, 15) is 0 Å². The molecule has 15 heavy (non-hydrogen) atoms. The number of likely N-dealkylation sites (N-methyl/N-ethyl adjacent to an activating group) is 2. The fourth-order valence-corrected chi connectivity index (χ4v) is 1.41. The van der Waals surface area contributed by atoms with Crippen molar-refractivity contribution in [3.63, 3.8) is 0 Å². The average molecular weight is 210 g/mol. The number of aromatic nitrogens is 2. The molecule has 1 N–H and O–H groups in total. The molecule has 84 valence electrons. The second-order valence-corrected chi connectivity index (χ2v) is 3.55. The fourth-order valence-electron chi connectivity index (χ4n) is 1.41. The van der Waals surface area contributed by atoms with Gasteiger partial charge in [-0.15, -0.1) is 0 Å². The quantitative estimate of drug-likeness (QED) is 0.758. The molecule has 0 fully saturated rings. The molecule has 0 saturated heterocycles. The van der Waals surface area contributed by atoms with Gasteiger partial charge in [-0.3, -0.25) is 4.98 Å². The molecule has 0 spiro atoms. The molecular formula is C10H18N4O. The van der Waals surface area contributed by atoms with Crippen molar-refractivity contribution in [1.29, 1.82) is 0 Å². The van der Waals surface area contributed by atoms with Gasteiger partial charge in [0.2, 0.25) is 5.88 Å². The summed E-state index contributed by atoms with van der Waals surface area (Å²) < 4.78 is 5.18. The first-order valence-corrected chi connectivity index (χ1v) is 4.86. The van der Waals surface area contributed by atoms with Gasteiger partial charge in [0.1, 0.15) is 5.69 Å². The molecule has 5 heteroatoms. The molecule has 0 aromatic carbocycles. The number of hydrogen-bond donors (Lipinski definition) is 1. The van der Waals surface area contributed by atoms with Crippen LogP contribution in [-0.4, -0.2) is 49.7 Å². The summed E-state index contributed by atoms with van der Waals surface area (Å²) in [6.07, 6.45) is 3.31. The van der Waals surface area contributed by atoms with Crippen LogP contribution >= 0.6 is 0 Å². The van der Waals surface area contributed by atoms with E-state index in [1.165, 1.54) is 0 Å². The van der Waals surface area contributed by atoms with Crippen LogP contribution in [0.5, 0.6) is 5.88 Å². The Morgan fingerprint density at radius 2 is 2.07 bits per heavy atom. The van der Waals surface area contributed by atoms with Crippen molar-refractivity contribution in [3.8, 4) is 5.88 Å². The van der Waals surface area contributed by atoms with Gasteiger partial charge in [-0.05, 0) is 21.1 Å². The molecule has 0 bridgehead atoms. The van der Waals surface area contributed by atoms with Gasteiger partial charge >= 0.3 is 0 Å². The molecule has 0 saturated carbocycles. The van der Waals surface area contributed by atoms with Crippen LogP contribution in [0.1, 0.15) is 11.7 Å². The SMILES string of the molecule is CNC(CN(C)C)c1nccnc1OC. The first kappa shape index (κ1) is 11.9. The molecule has 1 heterocycles. The Bertz CT molecular complexity index is 303. The minimum absolute atomic E-state index is 0.128. The number of methoxy groups -OCH3 is 1. The minimum atomic E-state index is 0.128. The van der Waals surface area contributed by atoms with Crippen LogP contribution in [0.25, 0.3) is 0 Å². The van der Waals surface area contributed by atoms with Gasteiger partial charge in [0.05, 0.1) is 13.2 Å². The molecule has 0 radical (unpaired) electrons. The third kappa shape index (κ3) is 3.14. The van der Waals surface area contributed by atoms with Crippen molar-refractivity contribution in [1.82, 2.24) is 20.2 Å². The number of nitrogens with one attached hydrogen (secondary N) is 1. The van der Waals surface area contributed by atoms with Gasteiger partial charge in [-0.25, -0.2) is 4.98 Å². The second kappa shape index (κ2) is 5.63. The number of ether oxygens (including phenoxy) is 1. The molecule has 1 unspecified atom stereocenters.